The van der Waals surface area contributed by atoms with Gasteiger partial charge in [0.2, 0.25) is 0 Å². The number of carbonyl (C=O) groups excluding carboxylic acids is 1. The first-order valence-electron chi connectivity index (χ1n) is 5.15. The molecule has 0 spiro atoms. The highest BCUT2D eigenvalue weighted by Gasteiger charge is 2.23. The van der Waals surface area contributed by atoms with E-state index in [1.165, 1.54) is 0 Å². The Balaban J connectivity index is 1.93. The molecule has 5 nitrogen and oxygen atoms in total. The second-order valence-electron chi connectivity index (χ2n) is 3.63. The van der Waals surface area contributed by atoms with Crippen molar-refractivity contribution in [2.24, 2.45) is 5.92 Å². The molecule has 1 aliphatic rings. The van der Waals surface area contributed by atoms with E-state index in [0.29, 0.717) is 0 Å². The number of nitrogens with zero attached hydrogens (tertiary/aromatic N) is 2. The van der Waals surface area contributed by atoms with Gasteiger partial charge in [0.25, 0.3) is 0 Å². The zero-order valence-electron chi connectivity index (χ0n) is 8.65. The van der Waals surface area contributed by atoms with Gasteiger partial charge < -0.3 is 10.1 Å². The van der Waals surface area contributed by atoms with E-state index in [1.54, 1.807) is 12.4 Å². The second kappa shape index (κ2) is 5.36. The van der Waals surface area contributed by atoms with Crippen LogP contribution in [0.4, 0.5) is 0 Å². The summed E-state index contributed by atoms with van der Waals surface area (Å²) in [4.78, 5) is 19.5. The number of rotatable bonds is 2. The number of carbonyl (C=O) groups is 1. The quantitative estimate of drug-likeness (QED) is 0.826. The van der Waals surface area contributed by atoms with E-state index in [2.05, 4.69) is 31.2 Å². The molecule has 2 rings (SSSR count). The van der Waals surface area contributed by atoms with E-state index in [-0.39, 0.29) is 17.9 Å². The van der Waals surface area contributed by atoms with Crippen LogP contribution in [0, 0.1) is 5.92 Å². The van der Waals surface area contributed by atoms with Crippen LogP contribution in [0.5, 0.6) is 6.01 Å². The molecule has 1 aromatic heterocycles. The molecule has 1 saturated heterocycles. The van der Waals surface area contributed by atoms with Crippen LogP contribution >= 0.6 is 15.9 Å². The Morgan fingerprint density at radius 1 is 1.38 bits per heavy atom. The van der Waals surface area contributed by atoms with Crippen LogP contribution in [0.1, 0.15) is 12.8 Å². The average Bonchev–Trinajstić information content (AvgIpc) is 2.33. The fraction of sp³-hybridized carbons (Fsp3) is 0.500. The third-order valence-corrected chi connectivity index (χ3v) is 2.87. The number of hydrogen-bond donors (Lipinski definition) is 1. The predicted molar refractivity (Wildman–Crippen MR) is 61.0 cm³/mol. The van der Waals surface area contributed by atoms with Gasteiger partial charge in [-0.2, -0.15) is 0 Å². The van der Waals surface area contributed by atoms with Gasteiger partial charge in [0, 0.05) is 12.4 Å². The van der Waals surface area contributed by atoms with Crippen molar-refractivity contribution in [2.75, 3.05) is 13.1 Å². The van der Waals surface area contributed by atoms with E-state index in [9.17, 15) is 4.79 Å². The fourth-order valence-corrected chi connectivity index (χ4v) is 1.79. The third-order valence-electron chi connectivity index (χ3n) is 2.46. The van der Waals surface area contributed by atoms with Crippen molar-refractivity contribution in [3.8, 4) is 6.01 Å². The molecular formula is C10H12BrN3O2. The minimum Gasteiger partial charge on any atom is -0.391 e. The molecule has 1 fully saturated rings. The van der Waals surface area contributed by atoms with Crippen molar-refractivity contribution in [2.45, 2.75) is 12.8 Å². The van der Waals surface area contributed by atoms with Gasteiger partial charge in [-0.15, -0.1) is 0 Å². The van der Waals surface area contributed by atoms with Crippen molar-refractivity contribution in [3.63, 3.8) is 0 Å². The zero-order chi connectivity index (χ0) is 11.4. The average molecular weight is 286 g/mol. The van der Waals surface area contributed by atoms with E-state index in [1.807, 2.05) is 0 Å². The highest BCUT2D eigenvalue weighted by Crippen LogP contribution is 2.15. The zero-order valence-corrected chi connectivity index (χ0v) is 10.2. The van der Waals surface area contributed by atoms with Crippen LogP contribution in [-0.2, 0) is 4.79 Å². The minimum absolute atomic E-state index is 0.0338. The summed E-state index contributed by atoms with van der Waals surface area (Å²) in [5, 5.41) is 3.20. The fourth-order valence-electron chi connectivity index (χ4n) is 1.58. The van der Waals surface area contributed by atoms with E-state index in [4.69, 9.17) is 4.74 Å². The Kier molecular flexibility index (Phi) is 3.84. The Morgan fingerprint density at radius 2 is 2.00 bits per heavy atom. The molecule has 1 aromatic rings. The van der Waals surface area contributed by atoms with Gasteiger partial charge >= 0.3 is 12.0 Å². The number of aromatic nitrogens is 2. The SMILES string of the molecule is O=C(Oc1ncc(Br)cn1)C1CCNCC1. The topological polar surface area (TPSA) is 64.1 Å². The smallest absolute Gasteiger partial charge is 0.324 e. The Hall–Kier alpha value is -1.01. The molecular weight excluding hydrogens is 274 g/mol. The second-order valence-corrected chi connectivity index (χ2v) is 4.54. The van der Waals surface area contributed by atoms with Crippen molar-refractivity contribution < 1.29 is 9.53 Å². The molecule has 0 unspecified atom stereocenters. The Bertz CT molecular complexity index is 363. The van der Waals surface area contributed by atoms with Crippen LogP contribution in [0.3, 0.4) is 0 Å². The number of piperidine rings is 1. The summed E-state index contributed by atoms with van der Waals surface area (Å²) in [5.74, 6) is -0.266. The number of halogens is 1. The maximum atomic E-state index is 11.7. The Labute approximate surface area is 102 Å². The molecule has 0 amide bonds. The largest absolute Gasteiger partial charge is 0.391 e. The minimum atomic E-state index is -0.233. The first-order chi connectivity index (χ1) is 7.75. The first kappa shape index (κ1) is 11.5. The number of esters is 1. The summed E-state index contributed by atoms with van der Waals surface area (Å²) < 4.78 is 5.86. The third kappa shape index (κ3) is 2.99. The molecule has 0 aromatic carbocycles. The number of ether oxygens (including phenoxy) is 1. The highest BCUT2D eigenvalue weighted by atomic mass is 79.9. The maximum Gasteiger partial charge on any atom is 0.324 e. The molecule has 2 heterocycles. The van der Waals surface area contributed by atoms with Crippen LogP contribution in [-0.4, -0.2) is 29.0 Å². The van der Waals surface area contributed by atoms with Crippen LogP contribution < -0.4 is 10.1 Å². The molecule has 86 valence electrons. The van der Waals surface area contributed by atoms with Crippen molar-refractivity contribution in [1.82, 2.24) is 15.3 Å². The number of nitrogens with one attached hydrogen (secondary N) is 1. The molecule has 1 aliphatic heterocycles. The normalized spacial score (nSPS) is 17.1. The molecule has 6 heteroatoms. The summed E-state index contributed by atoms with van der Waals surface area (Å²) >= 11 is 3.21. The lowest BCUT2D eigenvalue weighted by molar-refractivity contribution is -0.140. The van der Waals surface area contributed by atoms with Crippen molar-refractivity contribution in [1.29, 1.82) is 0 Å². The summed E-state index contributed by atoms with van der Waals surface area (Å²) in [6, 6.07) is 0.117. The van der Waals surface area contributed by atoms with E-state index < -0.39 is 0 Å². The van der Waals surface area contributed by atoms with Crippen LogP contribution in [0.25, 0.3) is 0 Å². The van der Waals surface area contributed by atoms with E-state index in [0.717, 1.165) is 30.4 Å². The first-order valence-corrected chi connectivity index (χ1v) is 5.95. The van der Waals surface area contributed by atoms with Gasteiger partial charge in [-0.1, -0.05) is 0 Å². The molecule has 0 bridgehead atoms. The summed E-state index contributed by atoms with van der Waals surface area (Å²) in [5.41, 5.74) is 0. The van der Waals surface area contributed by atoms with Gasteiger partial charge in [-0.25, -0.2) is 9.97 Å². The summed E-state index contributed by atoms with van der Waals surface area (Å²) in [6.45, 7) is 1.72. The lowest BCUT2D eigenvalue weighted by atomic mass is 9.99. The van der Waals surface area contributed by atoms with Gasteiger partial charge in [0.1, 0.15) is 0 Å². The van der Waals surface area contributed by atoms with Gasteiger partial charge in [0.05, 0.1) is 10.4 Å². The van der Waals surface area contributed by atoms with Crippen molar-refractivity contribution in [3.05, 3.63) is 16.9 Å². The van der Waals surface area contributed by atoms with E-state index >= 15 is 0 Å². The molecule has 0 aliphatic carbocycles. The molecule has 16 heavy (non-hydrogen) atoms. The van der Waals surface area contributed by atoms with Crippen molar-refractivity contribution >= 4 is 21.9 Å². The van der Waals surface area contributed by atoms with Crippen LogP contribution in [0.15, 0.2) is 16.9 Å². The standard InChI is InChI=1S/C10H12BrN3O2/c11-8-5-13-10(14-6-8)16-9(15)7-1-3-12-4-2-7/h5-7,12H,1-4H2. The number of hydrogen-bond acceptors (Lipinski definition) is 5. The Morgan fingerprint density at radius 3 is 2.62 bits per heavy atom. The highest BCUT2D eigenvalue weighted by molar-refractivity contribution is 9.10. The lowest BCUT2D eigenvalue weighted by Crippen LogP contribution is -2.34. The molecule has 0 atom stereocenters. The summed E-state index contributed by atoms with van der Waals surface area (Å²) in [6.07, 6.45) is 4.74. The van der Waals surface area contributed by atoms with Gasteiger partial charge in [0.15, 0.2) is 0 Å². The van der Waals surface area contributed by atoms with Crippen LogP contribution in [0.2, 0.25) is 0 Å². The lowest BCUT2D eigenvalue weighted by Gasteiger charge is -2.20. The summed E-state index contributed by atoms with van der Waals surface area (Å²) in [7, 11) is 0. The molecule has 0 saturated carbocycles. The molecule has 0 radical (unpaired) electrons. The van der Waals surface area contributed by atoms with Gasteiger partial charge in [-0.3, -0.25) is 4.79 Å². The molecule has 1 N–H and O–H groups in total. The predicted octanol–water partition coefficient (Wildman–Crippen LogP) is 1.14. The monoisotopic (exact) mass is 285 g/mol. The maximum absolute atomic E-state index is 11.7. The van der Waals surface area contributed by atoms with Gasteiger partial charge in [-0.05, 0) is 41.9 Å².